The van der Waals surface area contributed by atoms with Gasteiger partial charge in [-0.05, 0) is 22.6 Å². The smallest absolute Gasteiger partial charge is 0.0401 e. The summed E-state index contributed by atoms with van der Waals surface area (Å²) in [4.78, 5) is 1.37. The van der Waals surface area contributed by atoms with Gasteiger partial charge in [-0.25, -0.2) is 0 Å². The Hall–Kier alpha value is -0.470. The highest BCUT2D eigenvalue weighted by molar-refractivity contribution is 7.99. The minimum absolute atomic E-state index is 0.224. The molecular weight excluding hydrogens is 190 g/mol. The van der Waals surface area contributed by atoms with E-state index < -0.39 is 0 Å². The highest BCUT2D eigenvalue weighted by Gasteiger charge is 2.22. The summed E-state index contributed by atoms with van der Waals surface area (Å²) in [5.74, 6) is 1.03. The van der Waals surface area contributed by atoms with Crippen LogP contribution in [0.25, 0.3) is 0 Å². The van der Waals surface area contributed by atoms with Gasteiger partial charge in [0.2, 0.25) is 0 Å². The molecule has 0 fully saturated rings. The summed E-state index contributed by atoms with van der Waals surface area (Å²) >= 11 is 1.87. The molecule has 0 saturated heterocycles. The molecule has 1 nitrogen and oxygen atoms in total. The highest BCUT2D eigenvalue weighted by atomic mass is 32.2. The predicted molar refractivity (Wildman–Crippen MR) is 62.8 cm³/mol. The van der Waals surface area contributed by atoms with Crippen LogP contribution in [0.2, 0.25) is 0 Å². The second kappa shape index (κ2) is 3.28. The highest BCUT2D eigenvalue weighted by Crippen LogP contribution is 2.38. The fourth-order valence-electron chi connectivity index (χ4n) is 1.71. The van der Waals surface area contributed by atoms with Crippen LogP contribution in [0.4, 0.5) is 0 Å². The van der Waals surface area contributed by atoms with E-state index in [1.807, 2.05) is 11.8 Å². The molecule has 0 saturated carbocycles. The van der Waals surface area contributed by atoms with Crippen molar-refractivity contribution < 1.29 is 0 Å². The molecule has 1 aromatic rings. The van der Waals surface area contributed by atoms with Crippen LogP contribution in [0.3, 0.4) is 0 Å². The van der Waals surface area contributed by atoms with Crippen molar-refractivity contribution in [1.29, 1.82) is 0 Å². The second-order valence-electron chi connectivity index (χ2n) is 4.92. The van der Waals surface area contributed by atoms with Gasteiger partial charge in [0.1, 0.15) is 0 Å². The van der Waals surface area contributed by atoms with Gasteiger partial charge in [0.05, 0.1) is 0 Å². The SMILES string of the molecule is CC(C)(C)c1ccc2c(c1)C(N)CS2. The normalized spacial score (nSPS) is 21.0. The van der Waals surface area contributed by atoms with Crippen molar-refractivity contribution in [1.82, 2.24) is 0 Å². The topological polar surface area (TPSA) is 26.0 Å². The van der Waals surface area contributed by atoms with Gasteiger partial charge in [-0.15, -0.1) is 11.8 Å². The van der Waals surface area contributed by atoms with E-state index >= 15 is 0 Å². The van der Waals surface area contributed by atoms with Gasteiger partial charge in [-0.3, -0.25) is 0 Å². The summed E-state index contributed by atoms with van der Waals surface area (Å²) in [6.45, 7) is 6.72. The molecule has 1 heterocycles. The summed E-state index contributed by atoms with van der Waals surface area (Å²) in [6, 6.07) is 6.95. The van der Waals surface area contributed by atoms with Crippen molar-refractivity contribution in [3.63, 3.8) is 0 Å². The Morgan fingerprint density at radius 3 is 2.71 bits per heavy atom. The van der Waals surface area contributed by atoms with Crippen molar-refractivity contribution in [3.8, 4) is 0 Å². The van der Waals surface area contributed by atoms with Crippen LogP contribution < -0.4 is 5.73 Å². The van der Waals surface area contributed by atoms with Gasteiger partial charge >= 0.3 is 0 Å². The monoisotopic (exact) mass is 207 g/mol. The number of benzene rings is 1. The van der Waals surface area contributed by atoms with Gasteiger partial charge in [-0.1, -0.05) is 32.9 Å². The zero-order chi connectivity index (χ0) is 10.3. The number of hydrogen-bond donors (Lipinski definition) is 1. The van der Waals surface area contributed by atoms with Gasteiger partial charge in [-0.2, -0.15) is 0 Å². The molecule has 0 spiro atoms. The first kappa shape index (κ1) is 10.1. The molecule has 14 heavy (non-hydrogen) atoms. The third-order valence-electron chi connectivity index (χ3n) is 2.69. The zero-order valence-corrected chi connectivity index (χ0v) is 9.82. The molecular formula is C12H17NS. The maximum absolute atomic E-state index is 6.04. The Balaban J connectivity index is 2.45. The molecule has 76 valence electrons. The molecule has 2 heteroatoms. The van der Waals surface area contributed by atoms with Crippen molar-refractivity contribution >= 4 is 11.8 Å². The van der Waals surface area contributed by atoms with E-state index in [9.17, 15) is 0 Å². The molecule has 2 rings (SSSR count). The third-order valence-corrected chi connectivity index (χ3v) is 3.90. The minimum atomic E-state index is 0.224. The molecule has 0 aromatic heterocycles. The Bertz CT molecular complexity index is 352. The largest absolute Gasteiger partial charge is 0.323 e. The first-order chi connectivity index (χ1) is 6.48. The van der Waals surface area contributed by atoms with Crippen molar-refractivity contribution in [2.24, 2.45) is 5.73 Å². The standard InChI is InChI=1S/C12H17NS/c1-12(2,3)8-4-5-11-9(6-8)10(13)7-14-11/h4-6,10H,7,13H2,1-3H3. The van der Waals surface area contributed by atoms with Crippen LogP contribution in [0.1, 0.15) is 37.9 Å². The van der Waals surface area contributed by atoms with E-state index in [0.29, 0.717) is 0 Å². The molecule has 1 aromatic carbocycles. The summed E-state index contributed by atoms with van der Waals surface area (Å²) in [5, 5.41) is 0. The Morgan fingerprint density at radius 2 is 2.07 bits per heavy atom. The fourth-order valence-corrected chi connectivity index (χ4v) is 2.79. The lowest BCUT2D eigenvalue weighted by molar-refractivity contribution is 0.587. The maximum Gasteiger partial charge on any atom is 0.0401 e. The van der Waals surface area contributed by atoms with E-state index in [0.717, 1.165) is 5.75 Å². The molecule has 2 N–H and O–H groups in total. The van der Waals surface area contributed by atoms with E-state index in [4.69, 9.17) is 5.73 Å². The Kier molecular flexibility index (Phi) is 2.36. The lowest BCUT2D eigenvalue weighted by Gasteiger charge is -2.20. The summed E-state index contributed by atoms with van der Waals surface area (Å²) < 4.78 is 0. The average molecular weight is 207 g/mol. The molecule has 1 aliphatic heterocycles. The van der Waals surface area contributed by atoms with Gasteiger partial charge in [0.15, 0.2) is 0 Å². The van der Waals surface area contributed by atoms with Crippen LogP contribution in [0, 0.1) is 0 Å². The van der Waals surface area contributed by atoms with Crippen LogP contribution >= 0.6 is 11.8 Å². The van der Waals surface area contributed by atoms with Gasteiger partial charge in [0.25, 0.3) is 0 Å². The number of rotatable bonds is 0. The molecule has 0 bridgehead atoms. The van der Waals surface area contributed by atoms with Crippen molar-refractivity contribution in [3.05, 3.63) is 29.3 Å². The van der Waals surface area contributed by atoms with Gasteiger partial charge in [0, 0.05) is 16.7 Å². The molecule has 0 aliphatic carbocycles. The van der Waals surface area contributed by atoms with E-state index in [1.165, 1.54) is 16.0 Å². The first-order valence-corrected chi connectivity index (χ1v) is 6.00. The van der Waals surface area contributed by atoms with Gasteiger partial charge < -0.3 is 5.73 Å². The second-order valence-corrected chi connectivity index (χ2v) is 5.98. The quantitative estimate of drug-likeness (QED) is 0.707. The molecule has 0 radical (unpaired) electrons. The summed E-state index contributed by atoms with van der Waals surface area (Å²) in [5.41, 5.74) is 8.98. The zero-order valence-electron chi connectivity index (χ0n) is 9.00. The van der Waals surface area contributed by atoms with Crippen molar-refractivity contribution in [2.45, 2.75) is 37.1 Å². The van der Waals surface area contributed by atoms with Crippen LogP contribution in [-0.4, -0.2) is 5.75 Å². The van der Waals surface area contributed by atoms with Crippen LogP contribution in [-0.2, 0) is 5.41 Å². The predicted octanol–water partition coefficient (Wildman–Crippen LogP) is 3.09. The number of nitrogens with two attached hydrogens (primary N) is 1. The van der Waals surface area contributed by atoms with E-state index in [-0.39, 0.29) is 11.5 Å². The summed E-state index contributed by atoms with van der Waals surface area (Å²) in [6.07, 6.45) is 0. The molecule has 1 atom stereocenters. The molecule has 1 aliphatic rings. The number of hydrogen-bond acceptors (Lipinski definition) is 2. The van der Waals surface area contributed by atoms with E-state index in [2.05, 4.69) is 39.0 Å². The van der Waals surface area contributed by atoms with E-state index in [1.54, 1.807) is 0 Å². The maximum atomic E-state index is 6.04. The fraction of sp³-hybridized carbons (Fsp3) is 0.500. The lowest BCUT2D eigenvalue weighted by Crippen LogP contribution is -2.13. The third kappa shape index (κ3) is 1.69. The molecule has 1 unspecified atom stereocenters. The summed E-state index contributed by atoms with van der Waals surface area (Å²) in [7, 11) is 0. The van der Waals surface area contributed by atoms with Crippen LogP contribution in [0.15, 0.2) is 23.1 Å². The first-order valence-electron chi connectivity index (χ1n) is 5.01. The lowest BCUT2D eigenvalue weighted by atomic mass is 9.85. The number of thioether (sulfide) groups is 1. The molecule has 0 amide bonds. The van der Waals surface area contributed by atoms with Crippen molar-refractivity contribution in [2.75, 3.05) is 5.75 Å². The number of fused-ring (bicyclic) bond motifs is 1. The Morgan fingerprint density at radius 1 is 1.36 bits per heavy atom. The Labute approximate surface area is 90.1 Å². The van der Waals surface area contributed by atoms with Crippen LogP contribution in [0.5, 0.6) is 0 Å². The minimum Gasteiger partial charge on any atom is -0.323 e. The average Bonchev–Trinajstić information content (AvgIpc) is 2.46.